The monoisotopic (exact) mass is 623 g/mol. The van der Waals surface area contributed by atoms with Crippen molar-refractivity contribution in [3.8, 4) is 11.1 Å². The van der Waals surface area contributed by atoms with Gasteiger partial charge in [0, 0.05) is 12.1 Å². The van der Waals surface area contributed by atoms with Crippen molar-refractivity contribution in [3.63, 3.8) is 0 Å². The summed E-state index contributed by atoms with van der Waals surface area (Å²) in [6.45, 7) is 9.88. The number of benzene rings is 3. The van der Waals surface area contributed by atoms with Crippen LogP contribution in [0, 0.1) is 25.1 Å². The molecule has 0 aromatic heterocycles. The Labute approximate surface area is 260 Å². The number of hydrogen-bond donors (Lipinski definition) is 0. The summed E-state index contributed by atoms with van der Waals surface area (Å²) in [5.74, 6) is -1.16. The maximum Gasteiger partial charge on any atom is 0.416 e. The number of rotatable bonds is 6. The molecule has 1 aliphatic carbocycles. The summed E-state index contributed by atoms with van der Waals surface area (Å²) in [6, 6.07) is 13.4. The summed E-state index contributed by atoms with van der Waals surface area (Å²) in [6.07, 6.45) is -3.58. The molecule has 0 bridgehead atoms. The second-order valence-electron chi connectivity index (χ2n) is 12.9. The van der Waals surface area contributed by atoms with Gasteiger partial charge in [-0.05, 0) is 109 Å². The molecule has 3 aromatic rings. The molecule has 5 nitrogen and oxygen atoms in total. The normalized spacial score (nSPS) is 20.0. The summed E-state index contributed by atoms with van der Waals surface area (Å²) in [5, 5.41) is 0. The van der Waals surface area contributed by atoms with Crippen LogP contribution < -0.4 is 0 Å². The fourth-order valence-electron chi connectivity index (χ4n) is 6.50. The van der Waals surface area contributed by atoms with Crippen LogP contribution in [0.3, 0.4) is 0 Å². The van der Waals surface area contributed by atoms with Gasteiger partial charge in [0.2, 0.25) is 0 Å². The molecule has 1 saturated heterocycles. The number of amides is 1. The van der Waals surface area contributed by atoms with Gasteiger partial charge in [0.15, 0.2) is 0 Å². The Kier molecular flexibility index (Phi) is 8.59. The molecule has 2 atom stereocenters. The third kappa shape index (κ3) is 6.63. The van der Waals surface area contributed by atoms with E-state index in [9.17, 15) is 22.8 Å². The number of carbonyl (C=O) groups excluding carboxylic acids is 2. The number of nitrogens with zero attached hydrogens (tertiary/aromatic N) is 1. The van der Waals surface area contributed by atoms with Gasteiger partial charge in [-0.15, -0.1) is 0 Å². The molecule has 2 aliphatic rings. The first-order valence-electron chi connectivity index (χ1n) is 14.9. The number of carbonyl (C=O) groups is 2. The number of methoxy groups -OCH3 is 1. The Bertz CT molecular complexity index is 1690. The highest BCUT2D eigenvalue weighted by atomic mass is 19.4. The predicted molar refractivity (Wildman–Crippen MR) is 164 cm³/mol. The number of aryl methyl sites for hydroxylation is 2. The van der Waals surface area contributed by atoms with E-state index in [0.717, 1.165) is 47.2 Å². The highest BCUT2D eigenvalue weighted by Gasteiger charge is 2.42. The molecular formula is C36H37F4NO4. The number of ether oxygens (including phenoxy) is 2. The van der Waals surface area contributed by atoms with Crippen LogP contribution in [0.5, 0.6) is 0 Å². The summed E-state index contributed by atoms with van der Waals surface area (Å²) < 4.78 is 66.4. The Balaban J connectivity index is 1.50. The summed E-state index contributed by atoms with van der Waals surface area (Å²) in [7, 11) is 1.24. The van der Waals surface area contributed by atoms with Gasteiger partial charge in [-0.2, -0.15) is 13.2 Å². The maximum atomic E-state index is 15.3. The lowest BCUT2D eigenvalue weighted by Gasteiger charge is -2.35. The van der Waals surface area contributed by atoms with Crippen molar-refractivity contribution >= 4 is 17.6 Å². The minimum absolute atomic E-state index is 0.0351. The number of cyclic esters (lactones) is 1. The zero-order chi connectivity index (χ0) is 32.8. The van der Waals surface area contributed by atoms with E-state index in [0.29, 0.717) is 28.7 Å². The largest absolute Gasteiger partial charge is 0.465 e. The second kappa shape index (κ2) is 12.0. The number of alkyl halides is 3. The van der Waals surface area contributed by atoms with Crippen LogP contribution in [0.2, 0.25) is 0 Å². The zero-order valence-corrected chi connectivity index (χ0v) is 26.3. The van der Waals surface area contributed by atoms with Gasteiger partial charge < -0.3 is 9.47 Å². The van der Waals surface area contributed by atoms with Crippen LogP contribution in [-0.4, -0.2) is 36.7 Å². The molecule has 1 fully saturated rings. The van der Waals surface area contributed by atoms with Crippen LogP contribution >= 0.6 is 0 Å². The Morgan fingerprint density at radius 2 is 1.78 bits per heavy atom. The van der Waals surface area contributed by atoms with Crippen molar-refractivity contribution in [2.45, 2.75) is 72.2 Å². The molecule has 0 N–H and O–H groups in total. The van der Waals surface area contributed by atoms with E-state index in [1.54, 1.807) is 30.9 Å². The molecule has 238 valence electrons. The summed E-state index contributed by atoms with van der Waals surface area (Å²) >= 11 is 0. The molecule has 0 radical (unpaired) electrons. The van der Waals surface area contributed by atoms with Crippen LogP contribution in [0.1, 0.15) is 84.3 Å². The molecule has 1 aliphatic heterocycles. The highest BCUT2D eigenvalue weighted by molar-refractivity contribution is 5.90. The van der Waals surface area contributed by atoms with Gasteiger partial charge in [0.05, 0.1) is 24.3 Å². The lowest BCUT2D eigenvalue weighted by Crippen LogP contribution is -2.35. The van der Waals surface area contributed by atoms with Gasteiger partial charge >= 0.3 is 18.2 Å². The van der Waals surface area contributed by atoms with E-state index >= 15 is 4.39 Å². The molecule has 0 unspecified atom stereocenters. The Morgan fingerprint density at radius 3 is 2.44 bits per heavy atom. The van der Waals surface area contributed by atoms with E-state index in [1.165, 1.54) is 19.2 Å². The number of esters is 1. The molecule has 9 heteroatoms. The van der Waals surface area contributed by atoms with Gasteiger partial charge in [0.1, 0.15) is 11.9 Å². The van der Waals surface area contributed by atoms with Crippen molar-refractivity contribution in [2.75, 3.05) is 13.7 Å². The lowest BCUT2D eigenvalue weighted by molar-refractivity contribution is -0.137. The smallest absolute Gasteiger partial charge is 0.416 e. The van der Waals surface area contributed by atoms with Crippen molar-refractivity contribution in [2.24, 2.45) is 5.41 Å². The minimum Gasteiger partial charge on any atom is -0.465 e. The van der Waals surface area contributed by atoms with Gasteiger partial charge in [-0.1, -0.05) is 43.7 Å². The SMILES string of the molecule is COC(=O)c1ccc(-c2cc(C3=C(CN4C(=O)O[C@H](c5cc(C)cc(C(F)(F)F)c5)[C@@H]4C)CC(C)(C)CC3)ccc2C)c(F)c1. The number of allylic oxidation sites excluding steroid dienone is 1. The van der Waals surface area contributed by atoms with Crippen molar-refractivity contribution < 1.29 is 36.6 Å². The first-order valence-corrected chi connectivity index (χ1v) is 14.9. The second-order valence-corrected chi connectivity index (χ2v) is 12.9. The summed E-state index contributed by atoms with van der Waals surface area (Å²) in [4.78, 5) is 26.7. The first kappa shape index (κ1) is 32.3. The van der Waals surface area contributed by atoms with E-state index in [2.05, 4.69) is 13.8 Å². The standard InChI is InChI=1S/C36H37F4NO4/c1-20-13-25(15-27(14-20)36(38,39)40)32-22(3)41(34(43)45-32)19-26-18-35(4,5)12-11-28(26)23-8-7-21(2)30(16-23)29-10-9-24(17-31(29)37)33(42)44-6/h7-10,13-17,22,32H,11-12,18-19H2,1-6H3/t22-,32-/m0/s1. The number of halogens is 4. The average Bonchev–Trinajstić information content (AvgIpc) is 3.24. The topological polar surface area (TPSA) is 55.8 Å². The van der Waals surface area contributed by atoms with Crippen LogP contribution in [0.15, 0.2) is 60.2 Å². The van der Waals surface area contributed by atoms with E-state index in [1.807, 2.05) is 25.1 Å². The van der Waals surface area contributed by atoms with Crippen molar-refractivity contribution in [1.29, 1.82) is 0 Å². The molecule has 0 spiro atoms. The minimum atomic E-state index is -4.51. The predicted octanol–water partition coefficient (Wildman–Crippen LogP) is 9.46. The Morgan fingerprint density at radius 1 is 1.04 bits per heavy atom. The Hall–Kier alpha value is -4.14. The lowest BCUT2D eigenvalue weighted by atomic mass is 9.72. The van der Waals surface area contributed by atoms with Gasteiger partial charge in [-0.25, -0.2) is 14.0 Å². The van der Waals surface area contributed by atoms with E-state index in [4.69, 9.17) is 9.47 Å². The quantitative estimate of drug-likeness (QED) is 0.203. The molecule has 1 heterocycles. The van der Waals surface area contributed by atoms with Crippen LogP contribution in [0.4, 0.5) is 22.4 Å². The van der Waals surface area contributed by atoms with Crippen LogP contribution in [0.25, 0.3) is 16.7 Å². The third-order valence-electron chi connectivity index (χ3n) is 8.95. The van der Waals surface area contributed by atoms with Crippen molar-refractivity contribution in [3.05, 3.63) is 99.4 Å². The molecule has 1 amide bonds. The van der Waals surface area contributed by atoms with Crippen molar-refractivity contribution in [1.82, 2.24) is 4.90 Å². The molecule has 5 rings (SSSR count). The highest BCUT2D eigenvalue weighted by Crippen LogP contribution is 2.45. The fourth-order valence-corrected chi connectivity index (χ4v) is 6.50. The molecular weight excluding hydrogens is 586 g/mol. The first-order chi connectivity index (χ1) is 21.1. The van der Waals surface area contributed by atoms with Gasteiger partial charge in [0.25, 0.3) is 0 Å². The van der Waals surface area contributed by atoms with Gasteiger partial charge in [-0.3, -0.25) is 4.90 Å². The van der Waals surface area contributed by atoms with Crippen LogP contribution in [-0.2, 0) is 15.7 Å². The number of hydrogen-bond acceptors (Lipinski definition) is 4. The molecule has 0 saturated carbocycles. The molecule has 3 aromatic carbocycles. The maximum absolute atomic E-state index is 15.3. The third-order valence-corrected chi connectivity index (χ3v) is 8.95. The fraction of sp³-hybridized carbons (Fsp3) is 0.389. The zero-order valence-electron chi connectivity index (χ0n) is 26.3. The van der Waals surface area contributed by atoms with E-state index < -0.39 is 41.8 Å². The summed E-state index contributed by atoms with van der Waals surface area (Å²) in [5.41, 5.74) is 4.96. The molecule has 45 heavy (non-hydrogen) atoms. The van der Waals surface area contributed by atoms with E-state index in [-0.39, 0.29) is 17.5 Å². The average molecular weight is 624 g/mol.